The molecule has 0 unspecified atom stereocenters. The topological polar surface area (TPSA) is 71.3 Å². The minimum atomic E-state index is -0.327. The van der Waals surface area contributed by atoms with E-state index in [-0.39, 0.29) is 5.91 Å². The van der Waals surface area contributed by atoms with Crippen LogP contribution in [0.25, 0.3) is 0 Å². The number of hydrogen-bond donors (Lipinski definition) is 1. The van der Waals surface area contributed by atoms with Gasteiger partial charge in [-0.25, -0.2) is 0 Å². The van der Waals surface area contributed by atoms with E-state index in [9.17, 15) is 4.79 Å². The van der Waals surface area contributed by atoms with Crippen molar-refractivity contribution in [3.05, 3.63) is 52.5 Å². The Morgan fingerprint density at radius 2 is 1.77 bits per heavy atom. The van der Waals surface area contributed by atoms with Gasteiger partial charge in [0.05, 0.1) is 36.6 Å². The maximum atomic E-state index is 12.2. The van der Waals surface area contributed by atoms with Gasteiger partial charge in [0.2, 0.25) is 0 Å². The van der Waals surface area contributed by atoms with Crippen molar-refractivity contribution in [3.63, 3.8) is 0 Å². The Kier molecular flexibility index (Phi) is 4.87. The predicted molar refractivity (Wildman–Crippen MR) is 83.7 cm³/mol. The molecule has 0 fully saturated rings. The number of halogens is 1. The number of amides is 1. The minimum absolute atomic E-state index is 0.327. The van der Waals surface area contributed by atoms with Crippen LogP contribution in [-0.4, -0.2) is 20.1 Å². The van der Waals surface area contributed by atoms with Crippen LogP contribution in [0, 0.1) is 11.3 Å². The van der Waals surface area contributed by atoms with E-state index in [0.717, 1.165) is 0 Å². The number of nitrogens with one attached hydrogen (secondary N) is 1. The lowest BCUT2D eigenvalue weighted by atomic mass is 10.1. The number of ether oxygens (including phenoxy) is 2. The standard InChI is InChI=1S/C16H13ClN2O3/c1-21-14-8-13(15(22-2)7-12(14)17)19-16(20)11-5-3-10(9-18)4-6-11/h3-8H,1-2H3,(H,19,20). The van der Waals surface area contributed by atoms with Gasteiger partial charge in [0, 0.05) is 17.7 Å². The number of anilines is 1. The number of hydrogen-bond acceptors (Lipinski definition) is 4. The Hall–Kier alpha value is -2.71. The van der Waals surface area contributed by atoms with Gasteiger partial charge in [-0.2, -0.15) is 5.26 Å². The van der Waals surface area contributed by atoms with Crippen LogP contribution in [0.5, 0.6) is 11.5 Å². The van der Waals surface area contributed by atoms with E-state index in [2.05, 4.69) is 5.32 Å². The minimum Gasteiger partial charge on any atom is -0.495 e. The van der Waals surface area contributed by atoms with Crippen molar-refractivity contribution in [1.82, 2.24) is 0 Å². The zero-order chi connectivity index (χ0) is 16.1. The quantitative estimate of drug-likeness (QED) is 0.937. The second-order valence-electron chi connectivity index (χ2n) is 4.33. The van der Waals surface area contributed by atoms with Crippen LogP contribution in [0.1, 0.15) is 15.9 Å². The molecule has 6 heteroatoms. The van der Waals surface area contributed by atoms with Crippen LogP contribution in [0.4, 0.5) is 5.69 Å². The highest BCUT2D eigenvalue weighted by molar-refractivity contribution is 6.32. The number of nitrogens with zero attached hydrogens (tertiary/aromatic N) is 1. The molecule has 0 saturated carbocycles. The van der Waals surface area contributed by atoms with Crippen molar-refractivity contribution in [2.24, 2.45) is 0 Å². The van der Waals surface area contributed by atoms with Gasteiger partial charge < -0.3 is 14.8 Å². The molecular formula is C16H13ClN2O3. The molecule has 22 heavy (non-hydrogen) atoms. The van der Waals surface area contributed by atoms with Crippen LogP contribution in [-0.2, 0) is 0 Å². The second kappa shape index (κ2) is 6.83. The van der Waals surface area contributed by atoms with Crippen molar-refractivity contribution in [3.8, 4) is 17.6 Å². The van der Waals surface area contributed by atoms with Crippen molar-refractivity contribution in [2.45, 2.75) is 0 Å². The van der Waals surface area contributed by atoms with Crippen LogP contribution < -0.4 is 14.8 Å². The first-order valence-corrected chi connectivity index (χ1v) is 6.70. The van der Waals surface area contributed by atoms with Crippen molar-refractivity contribution in [2.75, 3.05) is 19.5 Å². The molecule has 0 aromatic heterocycles. The Morgan fingerprint density at radius 3 is 2.32 bits per heavy atom. The molecule has 0 saturated heterocycles. The Morgan fingerprint density at radius 1 is 1.14 bits per heavy atom. The number of rotatable bonds is 4. The number of carbonyl (C=O) groups excluding carboxylic acids is 1. The summed E-state index contributed by atoms with van der Waals surface area (Å²) in [5.74, 6) is 0.526. The van der Waals surface area contributed by atoms with Gasteiger partial charge >= 0.3 is 0 Å². The summed E-state index contributed by atoms with van der Waals surface area (Å²) >= 11 is 6.02. The average molecular weight is 317 g/mol. The molecule has 0 radical (unpaired) electrons. The number of benzene rings is 2. The zero-order valence-corrected chi connectivity index (χ0v) is 12.8. The van der Waals surface area contributed by atoms with Crippen molar-refractivity contribution in [1.29, 1.82) is 5.26 Å². The largest absolute Gasteiger partial charge is 0.495 e. The monoisotopic (exact) mass is 316 g/mol. The summed E-state index contributed by atoms with van der Waals surface area (Å²) in [5.41, 5.74) is 1.36. The molecule has 0 aliphatic heterocycles. The maximum absolute atomic E-state index is 12.2. The Bertz CT molecular complexity index is 736. The van der Waals surface area contributed by atoms with Crippen LogP contribution in [0.3, 0.4) is 0 Å². The number of carbonyl (C=O) groups is 1. The fourth-order valence-corrected chi connectivity index (χ4v) is 2.08. The average Bonchev–Trinajstić information content (AvgIpc) is 2.55. The maximum Gasteiger partial charge on any atom is 0.255 e. The third-order valence-corrected chi connectivity index (χ3v) is 3.29. The van der Waals surface area contributed by atoms with Gasteiger partial charge in [-0.1, -0.05) is 11.6 Å². The normalized spacial score (nSPS) is 9.73. The van der Waals surface area contributed by atoms with Crippen LogP contribution in [0.2, 0.25) is 5.02 Å². The van der Waals surface area contributed by atoms with E-state index in [0.29, 0.717) is 33.3 Å². The third kappa shape index (κ3) is 3.30. The van der Waals surface area contributed by atoms with Crippen LogP contribution in [0.15, 0.2) is 36.4 Å². The first-order valence-electron chi connectivity index (χ1n) is 6.32. The molecule has 112 valence electrons. The summed E-state index contributed by atoms with van der Waals surface area (Å²) in [5, 5.41) is 11.9. The molecule has 0 spiro atoms. The van der Waals surface area contributed by atoms with Gasteiger partial charge in [-0.05, 0) is 24.3 Å². The highest BCUT2D eigenvalue weighted by atomic mass is 35.5. The summed E-state index contributed by atoms with van der Waals surface area (Å²) in [6, 6.07) is 11.5. The van der Waals surface area contributed by atoms with Crippen molar-refractivity contribution >= 4 is 23.2 Å². The molecule has 1 amide bonds. The molecular weight excluding hydrogens is 304 g/mol. The third-order valence-electron chi connectivity index (χ3n) is 3.00. The first kappa shape index (κ1) is 15.7. The van der Waals surface area contributed by atoms with Crippen LogP contribution >= 0.6 is 11.6 Å². The summed E-state index contributed by atoms with van der Waals surface area (Å²) < 4.78 is 10.3. The fourth-order valence-electron chi connectivity index (χ4n) is 1.85. The predicted octanol–water partition coefficient (Wildman–Crippen LogP) is 3.48. The fraction of sp³-hybridized carbons (Fsp3) is 0.125. The van der Waals surface area contributed by atoms with Crippen molar-refractivity contribution < 1.29 is 14.3 Å². The number of nitriles is 1. The second-order valence-corrected chi connectivity index (χ2v) is 4.74. The smallest absolute Gasteiger partial charge is 0.255 e. The summed E-state index contributed by atoms with van der Waals surface area (Å²) in [6.07, 6.45) is 0. The summed E-state index contributed by atoms with van der Waals surface area (Å²) in [7, 11) is 2.97. The molecule has 0 heterocycles. The lowest BCUT2D eigenvalue weighted by Gasteiger charge is -2.13. The van der Waals surface area contributed by atoms with E-state index in [1.165, 1.54) is 14.2 Å². The van der Waals surface area contributed by atoms with E-state index in [4.69, 9.17) is 26.3 Å². The Balaban J connectivity index is 2.28. The molecule has 1 N–H and O–H groups in total. The van der Waals surface area contributed by atoms with E-state index < -0.39 is 0 Å². The van der Waals surface area contributed by atoms with Gasteiger partial charge in [-0.3, -0.25) is 4.79 Å². The molecule has 0 bridgehead atoms. The van der Waals surface area contributed by atoms with E-state index >= 15 is 0 Å². The molecule has 0 aliphatic carbocycles. The Labute approximate surface area is 133 Å². The zero-order valence-electron chi connectivity index (χ0n) is 12.0. The van der Waals surface area contributed by atoms with Gasteiger partial charge in [0.1, 0.15) is 11.5 Å². The molecule has 2 rings (SSSR count). The van der Waals surface area contributed by atoms with Gasteiger partial charge in [0.25, 0.3) is 5.91 Å². The van der Waals surface area contributed by atoms with E-state index in [1.807, 2.05) is 6.07 Å². The van der Waals surface area contributed by atoms with Gasteiger partial charge in [-0.15, -0.1) is 0 Å². The molecule has 0 atom stereocenters. The summed E-state index contributed by atoms with van der Waals surface area (Å²) in [6.45, 7) is 0. The first-order chi connectivity index (χ1) is 10.6. The summed E-state index contributed by atoms with van der Waals surface area (Å²) in [4.78, 5) is 12.2. The highest BCUT2D eigenvalue weighted by Gasteiger charge is 2.13. The highest BCUT2D eigenvalue weighted by Crippen LogP contribution is 2.36. The SMILES string of the molecule is COc1cc(NC(=O)c2ccc(C#N)cc2)c(OC)cc1Cl. The molecule has 5 nitrogen and oxygen atoms in total. The lowest BCUT2D eigenvalue weighted by molar-refractivity contribution is 0.102. The molecule has 0 aliphatic rings. The van der Waals surface area contributed by atoms with Gasteiger partial charge in [0.15, 0.2) is 0 Å². The molecule has 2 aromatic rings. The lowest BCUT2D eigenvalue weighted by Crippen LogP contribution is -2.12. The van der Waals surface area contributed by atoms with E-state index in [1.54, 1.807) is 36.4 Å². The number of methoxy groups -OCH3 is 2. The molecule has 2 aromatic carbocycles.